The maximum absolute atomic E-state index is 11.3. The fourth-order valence-electron chi connectivity index (χ4n) is 2.68. The van der Waals surface area contributed by atoms with Gasteiger partial charge in [-0.2, -0.15) is 0 Å². The topological polar surface area (TPSA) is 37.3 Å². The number of hydrogen-bond acceptors (Lipinski definition) is 1. The Labute approximate surface area is 116 Å². The summed E-state index contributed by atoms with van der Waals surface area (Å²) in [7, 11) is 0. The van der Waals surface area contributed by atoms with Crippen molar-refractivity contribution >= 4 is 17.6 Å². The predicted molar refractivity (Wildman–Crippen MR) is 75.9 cm³/mol. The third kappa shape index (κ3) is 2.24. The number of carboxylic acid groups (broad SMARTS) is 1. The smallest absolute Gasteiger partial charge is 0.336 e. The van der Waals surface area contributed by atoms with Crippen LogP contribution < -0.4 is 0 Å². The van der Waals surface area contributed by atoms with Crippen LogP contribution in [0.2, 0.25) is 5.02 Å². The Morgan fingerprint density at radius 2 is 1.84 bits per heavy atom. The van der Waals surface area contributed by atoms with Crippen LogP contribution in [0.1, 0.15) is 27.9 Å². The maximum atomic E-state index is 11.3. The van der Waals surface area contributed by atoms with E-state index in [0.717, 1.165) is 18.4 Å². The highest BCUT2D eigenvalue weighted by molar-refractivity contribution is 6.31. The van der Waals surface area contributed by atoms with Crippen molar-refractivity contribution < 1.29 is 9.90 Å². The molecule has 2 nitrogen and oxygen atoms in total. The fourth-order valence-corrected chi connectivity index (χ4v) is 2.85. The lowest BCUT2D eigenvalue weighted by Gasteiger charge is -2.09. The van der Waals surface area contributed by atoms with Crippen molar-refractivity contribution in [3.63, 3.8) is 0 Å². The SMILES string of the molecule is O=C(O)c1ccc(Cl)cc1-c1ccc2c(c1)CCC2. The fraction of sp³-hybridized carbons (Fsp3) is 0.188. The molecule has 0 heterocycles. The second-order valence-electron chi connectivity index (χ2n) is 4.83. The van der Waals surface area contributed by atoms with E-state index in [9.17, 15) is 9.90 Å². The number of halogens is 1. The van der Waals surface area contributed by atoms with Gasteiger partial charge in [0.05, 0.1) is 5.56 Å². The van der Waals surface area contributed by atoms with E-state index in [-0.39, 0.29) is 0 Å². The summed E-state index contributed by atoms with van der Waals surface area (Å²) in [4.78, 5) is 11.3. The third-order valence-electron chi connectivity index (χ3n) is 3.62. The monoisotopic (exact) mass is 272 g/mol. The Morgan fingerprint density at radius 1 is 1.05 bits per heavy atom. The van der Waals surface area contributed by atoms with Crippen molar-refractivity contribution in [2.45, 2.75) is 19.3 Å². The quantitative estimate of drug-likeness (QED) is 0.890. The van der Waals surface area contributed by atoms with Crippen molar-refractivity contribution in [2.75, 3.05) is 0 Å². The van der Waals surface area contributed by atoms with Crippen LogP contribution in [-0.2, 0) is 12.8 Å². The molecular weight excluding hydrogens is 260 g/mol. The average Bonchev–Trinajstić information content (AvgIpc) is 2.85. The third-order valence-corrected chi connectivity index (χ3v) is 3.86. The van der Waals surface area contributed by atoms with Crippen LogP contribution in [-0.4, -0.2) is 11.1 Å². The van der Waals surface area contributed by atoms with Crippen molar-refractivity contribution in [2.24, 2.45) is 0 Å². The van der Waals surface area contributed by atoms with E-state index < -0.39 is 5.97 Å². The van der Waals surface area contributed by atoms with E-state index in [1.807, 2.05) is 6.07 Å². The summed E-state index contributed by atoms with van der Waals surface area (Å²) < 4.78 is 0. The van der Waals surface area contributed by atoms with Gasteiger partial charge in [-0.1, -0.05) is 29.8 Å². The molecule has 96 valence electrons. The van der Waals surface area contributed by atoms with Gasteiger partial charge in [-0.25, -0.2) is 4.79 Å². The van der Waals surface area contributed by atoms with Crippen LogP contribution in [0, 0.1) is 0 Å². The lowest BCUT2D eigenvalue weighted by molar-refractivity contribution is 0.0698. The zero-order valence-corrected chi connectivity index (χ0v) is 11.1. The summed E-state index contributed by atoms with van der Waals surface area (Å²) in [5, 5.41) is 9.82. The first-order chi connectivity index (χ1) is 9.15. The maximum Gasteiger partial charge on any atom is 0.336 e. The lowest BCUT2D eigenvalue weighted by Crippen LogP contribution is -1.99. The lowest BCUT2D eigenvalue weighted by atomic mass is 9.96. The van der Waals surface area contributed by atoms with Gasteiger partial charge in [-0.15, -0.1) is 0 Å². The number of rotatable bonds is 2. The number of fused-ring (bicyclic) bond motifs is 1. The molecule has 2 aromatic rings. The van der Waals surface area contributed by atoms with Crippen LogP contribution in [0.25, 0.3) is 11.1 Å². The van der Waals surface area contributed by atoms with E-state index in [4.69, 9.17) is 11.6 Å². The molecule has 0 atom stereocenters. The number of hydrogen-bond donors (Lipinski definition) is 1. The first kappa shape index (κ1) is 12.2. The Bertz CT molecular complexity index is 662. The number of benzene rings is 2. The second kappa shape index (κ2) is 4.71. The minimum Gasteiger partial charge on any atom is -0.478 e. The van der Waals surface area contributed by atoms with Crippen LogP contribution in [0.5, 0.6) is 0 Å². The molecule has 1 N–H and O–H groups in total. The average molecular weight is 273 g/mol. The van der Waals surface area contributed by atoms with Gasteiger partial charge >= 0.3 is 5.97 Å². The van der Waals surface area contributed by atoms with Gasteiger partial charge in [0.25, 0.3) is 0 Å². The number of aromatic carboxylic acids is 1. The molecule has 3 rings (SSSR count). The Hall–Kier alpha value is -1.80. The van der Waals surface area contributed by atoms with Crippen LogP contribution in [0.15, 0.2) is 36.4 Å². The standard InChI is InChI=1S/C16H13ClO2/c17-13-6-7-14(16(18)19)15(9-13)12-5-4-10-2-1-3-11(10)8-12/h4-9H,1-3H2,(H,18,19). The summed E-state index contributed by atoms with van der Waals surface area (Å²) in [6, 6.07) is 11.1. The van der Waals surface area contributed by atoms with Crippen molar-refractivity contribution in [1.82, 2.24) is 0 Å². The molecule has 3 heteroatoms. The molecule has 1 aliphatic rings. The van der Waals surface area contributed by atoms with E-state index >= 15 is 0 Å². The molecule has 0 saturated heterocycles. The van der Waals surface area contributed by atoms with Crippen LogP contribution in [0.4, 0.5) is 0 Å². The molecule has 0 unspecified atom stereocenters. The van der Waals surface area contributed by atoms with E-state index in [2.05, 4.69) is 12.1 Å². The Morgan fingerprint density at radius 3 is 2.63 bits per heavy atom. The number of carbonyl (C=O) groups is 1. The highest BCUT2D eigenvalue weighted by Gasteiger charge is 2.15. The zero-order chi connectivity index (χ0) is 13.4. The van der Waals surface area contributed by atoms with Gasteiger partial charge in [-0.05, 0) is 59.7 Å². The molecule has 0 fully saturated rings. The van der Waals surface area contributed by atoms with Crippen molar-refractivity contribution in [3.05, 3.63) is 58.1 Å². The van der Waals surface area contributed by atoms with Crippen molar-refractivity contribution in [3.8, 4) is 11.1 Å². The van der Waals surface area contributed by atoms with Crippen LogP contribution >= 0.6 is 11.6 Å². The summed E-state index contributed by atoms with van der Waals surface area (Å²) in [6.45, 7) is 0. The van der Waals surface area contributed by atoms with Crippen LogP contribution in [0.3, 0.4) is 0 Å². The van der Waals surface area contributed by atoms with Crippen molar-refractivity contribution in [1.29, 1.82) is 0 Å². The van der Waals surface area contributed by atoms with Gasteiger partial charge in [0.2, 0.25) is 0 Å². The highest BCUT2D eigenvalue weighted by atomic mass is 35.5. The molecule has 0 spiro atoms. The van der Waals surface area contributed by atoms with Gasteiger partial charge in [-0.3, -0.25) is 0 Å². The predicted octanol–water partition coefficient (Wildman–Crippen LogP) is 4.19. The van der Waals surface area contributed by atoms with Gasteiger partial charge < -0.3 is 5.11 Å². The molecule has 0 aliphatic heterocycles. The largest absolute Gasteiger partial charge is 0.478 e. The summed E-state index contributed by atoms with van der Waals surface area (Å²) in [5.74, 6) is -0.924. The molecular formula is C16H13ClO2. The van der Waals surface area contributed by atoms with E-state index in [1.165, 1.54) is 17.5 Å². The molecule has 1 aliphatic carbocycles. The molecule has 0 bridgehead atoms. The molecule has 0 amide bonds. The highest BCUT2D eigenvalue weighted by Crippen LogP contribution is 2.31. The minimum atomic E-state index is -0.924. The summed E-state index contributed by atoms with van der Waals surface area (Å²) in [6.07, 6.45) is 3.38. The zero-order valence-electron chi connectivity index (χ0n) is 10.3. The normalized spacial score (nSPS) is 13.3. The Kier molecular flexibility index (Phi) is 3.03. The number of aryl methyl sites for hydroxylation is 2. The summed E-state index contributed by atoms with van der Waals surface area (Å²) in [5.41, 5.74) is 4.62. The molecule has 19 heavy (non-hydrogen) atoms. The Balaban J connectivity index is 2.16. The second-order valence-corrected chi connectivity index (χ2v) is 5.27. The number of carboxylic acids is 1. The molecule has 0 radical (unpaired) electrons. The first-order valence-corrected chi connectivity index (χ1v) is 6.68. The van der Waals surface area contributed by atoms with Gasteiger partial charge in [0.1, 0.15) is 0 Å². The minimum absolute atomic E-state index is 0.294. The van der Waals surface area contributed by atoms with E-state index in [0.29, 0.717) is 16.1 Å². The first-order valence-electron chi connectivity index (χ1n) is 6.30. The molecule has 0 saturated carbocycles. The molecule has 2 aromatic carbocycles. The van der Waals surface area contributed by atoms with Gasteiger partial charge in [0, 0.05) is 5.02 Å². The van der Waals surface area contributed by atoms with E-state index in [1.54, 1.807) is 18.2 Å². The summed E-state index contributed by atoms with van der Waals surface area (Å²) >= 11 is 6.00. The van der Waals surface area contributed by atoms with Gasteiger partial charge in [0.15, 0.2) is 0 Å². The molecule has 0 aromatic heterocycles.